The third kappa shape index (κ3) is 2.42. The van der Waals surface area contributed by atoms with E-state index < -0.39 is 0 Å². The number of nitrogens with two attached hydrogens (primary N) is 1. The van der Waals surface area contributed by atoms with Crippen LogP contribution in [0.3, 0.4) is 0 Å². The molecule has 5 nitrogen and oxygen atoms in total. The summed E-state index contributed by atoms with van der Waals surface area (Å²) in [5.74, 6) is 0.600. The SMILES string of the molecule is Nc1ccnc(CN2CCOc3ccccc3C2=O)c1. The van der Waals surface area contributed by atoms with Crippen LogP contribution in [0.1, 0.15) is 16.1 Å². The van der Waals surface area contributed by atoms with Crippen molar-refractivity contribution in [2.75, 3.05) is 18.9 Å². The maximum Gasteiger partial charge on any atom is 0.258 e. The van der Waals surface area contributed by atoms with Crippen LogP contribution in [-0.2, 0) is 6.54 Å². The maximum atomic E-state index is 12.5. The molecule has 1 amide bonds. The molecule has 0 fully saturated rings. The van der Waals surface area contributed by atoms with Crippen LogP contribution in [0.15, 0.2) is 42.6 Å². The fourth-order valence-corrected chi connectivity index (χ4v) is 2.24. The monoisotopic (exact) mass is 269 g/mol. The molecule has 1 aromatic heterocycles. The molecule has 20 heavy (non-hydrogen) atoms. The van der Waals surface area contributed by atoms with Crippen molar-refractivity contribution in [1.82, 2.24) is 9.88 Å². The van der Waals surface area contributed by atoms with Crippen molar-refractivity contribution in [3.05, 3.63) is 53.9 Å². The van der Waals surface area contributed by atoms with Crippen LogP contribution in [0.4, 0.5) is 5.69 Å². The molecule has 0 radical (unpaired) electrons. The largest absolute Gasteiger partial charge is 0.491 e. The van der Waals surface area contributed by atoms with Crippen molar-refractivity contribution in [3.8, 4) is 5.75 Å². The number of pyridine rings is 1. The minimum Gasteiger partial charge on any atom is -0.491 e. The van der Waals surface area contributed by atoms with Gasteiger partial charge in [0.15, 0.2) is 0 Å². The Morgan fingerprint density at radius 1 is 1.30 bits per heavy atom. The first-order valence-electron chi connectivity index (χ1n) is 6.45. The summed E-state index contributed by atoms with van der Waals surface area (Å²) >= 11 is 0. The lowest BCUT2D eigenvalue weighted by Gasteiger charge is -2.19. The number of fused-ring (bicyclic) bond motifs is 1. The number of para-hydroxylation sites is 1. The molecule has 0 saturated carbocycles. The van der Waals surface area contributed by atoms with Gasteiger partial charge in [0.25, 0.3) is 5.91 Å². The first kappa shape index (κ1) is 12.5. The number of hydrogen-bond acceptors (Lipinski definition) is 4. The Hall–Kier alpha value is -2.56. The van der Waals surface area contributed by atoms with Crippen molar-refractivity contribution in [3.63, 3.8) is 0 Å². The van der Waals surface area contributed by atoms with Gasteiger partial charge in [-0.3, -0.25) is 9.78 Å². The van der Waals surface area contributed by atoms with Gasteiger partial charge in [-0.15, -0.1) is 0 Å². The Labute approximate surface area is 117 Å². The summed E-state index contributed by atoms with van der Waals surface area (Å²) in [6.45, 7) is 1.44. The number of anilines is 1. The zero-order valence-corrected chi connectivity index (χ0v) is 11.0. The fourth-order valence-electron chi connectivity index (χ4n) is 2.24. The highest BCUT2D eigenvalue weighted by Crippen LogP contribution is 2.23. The number of hydrogen-bond donors (Lipinski definition) is 1. The second-order valence-corrected chi connectivity index (χ2v) is 4.65. The summed E-state index contributed by atoms with van der Waals surface area (Å²) in [5.41, 5.74) is 7.75. The Kier molecular flexibility index (Phi) is 3.25. The van der Waals surface area contributed by atoms with Gasteiger partial charge in [-0.05, 0) is 24.3 Å². The number of benzene rings is 1. The van der Waals surface area contributed by atoms with E-state index in [-0.39, 0.29) is 5.91 Å². The number of aromatic nitrogens is 1. The third-order valence-corrected chi connectivity index (χ3v) is 3.22. The average Bonchev–Trinajstić information content (AvgIpc) is 2.60. The van der Waals surface area contributed by atoms with Gasteiger partial charge in [-0.25, -0.2) is 0 Å². The van der Waals surface area contributed by atoms with Crippen LogP contribution < -0.4 is 10.5 Å². The van der Waals surface area contributed by atoms with E-state index in [9.17, 15) is 4.79 Å². The quantitative estimate of drug-likeness (QED) is 0.901. The molecule has 5 heteroatoms. The van der Waals surface area contributed by atoms with Crippen LogP contribution in [0.25, 0.3) is 0 Å². The van der Waals surface area contributed by atoms with Crippen LogP contribution in [0, 0.1) is 0 Å². The molecule has 0 saturated heterocycles. The number of amides is 1. The minimum absolute atomic E-state index is 0.0395. The highest BCUT2D eigenvalue weighted by molar-refractivity contribution is 5.97. The predicted molar refractivity (Wildman–Crippen MR) is 75.3 cm³/mol. The molecule has 1 aromatic carbocycles. The molecule has 2 N–H and O–H groups in total. The van der Waals surface area contributed by atoms with Crippen molar-refractivity contribution < 1.29 is 9.53 Å². The highest BCUT2D eigenvalue weighted by atomic mass is 16.5. The lowest BCUT2D eigenvalue weighted by molar-refractivity contribution is 0.0741. The minimum atomic E-state index is -0.0395. The topological polar surface area (TPSA) is 68.4 Å². The Morgan fingerprint density at radius 2 is 2.15 bits per heavy atom. The van der Waals surface area contributed by atoms with E-state index in [1.807, 2.05) is 18.2 Å². The molecule has 1 aliphatic heterocycles. The van der Waals surface area contributed by atoms with E-state index in [4.69, 9.17) is 10.5 Å². The van der Waals surface area contributed by atoms with E-state index in [1.165, 1.54) is 0 Å². The number of nitrogen functional groups attached to an aromatic ring is 1. The lowest BCUT2D eigenvalue weighted by Crippen LogP contribution is -2.32. The van der Waals surface area contributed by atoms with Crippen LogP contribution in [0.5, 0.6) is 5.75 Å². The van der Waals surface area contributed by atoms with Gasteiger partial charge < -0.3 is 15.4 Å². The van der Waals surface area contributed by atoms with E-state index in [0.29, 0.717) is 36.7 Å². The van der Waals surface area contributed by atoms with Gasteiger partial charge >= 0.3 is 0 Å². The molecule has 0 bridgehead atoms. The lowest BCUT2D eigenvalue weighted by atomic mass is 10.1. The fraction of sp³-hybridized carbons (Fsp3) is 0.200. The smallest absolute Gasteiger partial charge is 0.258 e. The first-order valence-corrected chi connectivity index (χ1v) is 6.45. The van der Waals surface area contributed by atoms with Gasteiger partial charge in [0.1, 0.15) is 12.4 Å². The Balaban J connectivity index is 1.86. The summed E-state index contributed by atoms with van der Waals surface area (Å²) in [6, 6.07) is 10.8. The molecule has 102 valence electrons. The number of carbonyl (C=O) groups is 1. The van der Waals surface area contributed by atoms with Gasteiger partial charge in [0, 0.05) is 11.9 Å². The highest BCUT2D eigenvalue weighted by Gasteiger charge is 2.23. The molecule has 3 rings (SSSR count). The van der Waals surface area contributed by atoms with Crippen molar-refractivity contribution in [1.29, 1.82) is 0 Å². The molecule has 2 aromatic rings. The average molecular weight is 269 g/mol. The molecular formula is C15H15N3O2. The van der Waals surface area contributed by atoms with Gasteiger partial charge in [-0.1, -0.05) is 12.1 Å². The summed E-state index contributed by atoms with van der Waals surface area (Å²) in [5, 5.41) is 0. The van der Waals surface area contributed by atoms with Crippen molar-refractivity contribution >= 4 is 11.6 Å². The zero-order chi connectivity index (χ0) is 13.9. The molecule has 0 atom stereocenters. The second kappa shape index (κ2) is 5.21. The van der Waals surface area contributed by atoms with Gasteiger partial charge in [-0.2, -0.15) is 0 Å². The summed E-state index contributed by atoms with van der Waals surface area (Å²) < 4.78 is 5.60. The summed E-state index contributed by atoms with van der Waals surface area (Å²) in [6.07, 6.45) is 1.65. The van der Waals surface area contributed by atoms with Crippen LogP contribution in [0.2, 0.25) is 0 Å². The van der Waals surface area contributed by atoms with Gasteiger partial charge in [0.2, 0.25) is 0 Å². The Bertz CT molecular complexity index is 643. The van der Waals surface area contributed by atoms with E-state index >= 15 is 0 Å². The maximum absolute atomic E-state index is 12.5. The van der Waals surface area contributed by atoms with E-state index in [1.54, 1.807) is 29.3 Å². The summed E-state index contributed by atoms with van der Waals surface area (Å²) in [7, 11) is 0. The van der Waals surface area contributed by atoms with Crippen LogP contribution >= 0.6 is 0 Å². The number of carbonyl (C=O) groups excluding carboxylic acids is 1. The number of rotatable bonds is 2. The molecule has 0 spiro atoms. The second-order valence-electron chi connectivity index (χ2n) is 4.65. The van der Waals surface area contributed by atoms with E-state index in [2.05, 4.69) is 4.98 Å². The standard InChI is InChI=1S/C15H15N3O2/c16-11-5-6-17-12(9-11)10-18-7-8-20-14-4-2-1-3-13(14)15(18)19/h1-6,9H,7-8,10H2,(H2,16,17). The van der Waals surface area contributed by atoms with Crippen molar-refractivity contribution in [2.45, 2.75) is 6.54 Å². The molecular weight excluding hydrogens is 254 g/mol. The normalized spacial score (nSPS) is 14.4. The Morgan fingerprint density at radius 3 is 3.00 bits per heavy atom. The predicted octanol–water partition coefficient (Wildman–Crippen LogP) is 1.70. The third-order valence-electron chi connectivity index (χ3n) is 3.22. The molecule has 2 heterocycles. The van der Waals surface area contributed by atoms with E-state index in [0.717, 1.165) is 5.69 Å². The zero-order valence-electron chi connectivity index (χ0n) is 11.0. The number of ether oxygens (including phenoxy) is 1. The van der Waals surface area contributed by atoms with Gasteiger partial charge in [0.05, 0.1) is 24.3 Å². The first-order chi connectivity index (χ1) is 9.74. The molecule has 1 aliphatic rings. The van der Waals surface area contributed by atoms with Crippen LogP contribution in [-0.4, -0.2) is 28.9 Å². The summed E-state index contributed by atoms with van der Waals surface area (Å²) in [4.78, 5) is 18.5. The van der Waals surface area contributed by atoms with Crippen molar-refractivity contribution in [2.24, 2.45) is 0 Å². The molecule has 0 aliphatic carbocycles. The molecule has 0 unspecified atom stereocenters. The number of nitrogens with zero attached hydrogens (tertiary/aromatic N) is 2.